The highest BCUT2D eigenvalue weighted by Gasteiger charge is 2.20. The second-order valence-corrected chi connectivity index (χ2v) is 4.48. The molecule has 1 unspecified atom stereocenters. The van der Waals surface area contributed by atoms with Crippen molar-refractivity contribution in [3.63, 3.8) is 0 Å². The maximum atomic E-state index is 11.7. The number of aliphatic hydroxyl groups excluding tert-OH is 1. The zero-order valence-corrected chi connectivity index (χ0v) is 10.2. The van der Waals surface area contributed by atoms with Crippen molar-refractivity contribution in [2.75, 3.05) is 18.9 Å². The third-order valence-corrected chi connectivity index (χ3v) is 2.52. The number of nitrogen functional groups attached to an aromatic ring is 1. The van der Waals surface area contributed by atoms with Crippen LogP contribution in [0.15, 0.2) is 18.2 Å². The molecule has 0 aliphatic rings. The highest BCUT2D eigenvalue weighted by atomic mass is 35.5. The van der Waals surface area contributed by atoms with Crippen molar-refractivity contribution in [2.45, 2.75) is 12.5 Å². The van der Waals surface area contributed by atoms with Gasteiger partial charge in [0.2, 0.25) is 0 Å². The molecule has 1 aromatic carbocycles. The van der Waals surface area contributed by atoms with Crippen LogP contribution in [0.25, 0.3) is 0 Å². The summed E-state index contributed by atoms with van der Waals surface area (Å²) in [6.45, 7) is 0.906. The first kappa shape index (κ1) is 13.8. The molecule has 0 heterocycles. The number of halogens is 1. The van der Waals surface area contributed by atoms with Crippen LogP contribution in [-0.4, -0.2) is 34.9 Å². The summed E-state index contributed by atoms with van der Waals surface area (Å²) in [6.07, 6.45) is 0. The number of rotatable bonds is 4. The van der Waals surface area contributed by atoms with Gasteiger partial charge in [0.05, 0.1) is 17.2 Å². The minimum atomic E-state index is -1.35. The van der Waals surface area contributed by atoms with Gasteiger partial charge in [-0.15, -0.1) is 0 Å². The van der Waals surface area contributed by atoms with Crippen LogP contribution in [0.2, 0.25) is 5.02 Å². The summed E-state index contributed by atoms with van der Waals surface area (Å²) in [5, 5.41) is 21.1. The third kappa shape index (κ3) is 3.89. The molecule has 5 N–H and O–H groups in total. The maximum Gasteiger partial charge on any atom is 0.252 e. The SMILES string of the molecule is CC(O)(CO)CNC(=O)c1ccc(N)cc1Cl. The van der Waals surface area contributed by atoms with Gasteiger partial charge in [0.15, 0.2) is 0 Å². The second kappa shape index (κ2) is 5.35. The monoisotopic (exact) mass is 258 g/mol. The molecule has 0 spiro atoms. The van der Waals surface area contributed by atoms with Gasteiger partial charge in [0, 0.05) is 12.2 Å². The van der Waals surface area contributed by atoms with E-state index in [0.717, 1.165) is 0 Å². The van der Waals surface area contributed by atoms with E-state index < -0.39 is 18.1 Å². The quantitative estimate of drug-likeness (QED) is 0.588. The van der Waals surface area contributed by atoms with Gasteiger partial charge in [-0.05, 0) is 25.1 Å². The molecule has 6 heteroatoms. The molecule has 17 heavy (non-hydrogen) atoms. The molecule has 0 aliphatic heterocycles. The Kier molecular flexibility index (Phi) is 4.34. The van der Waals surface area contributed by atoms with Crippen molar-refractivity contribution in [3.8, 4) is 0 Å². The minimum Gasteiger partial charge on any atom is -0.399 e. The standard InChI is InChI=1S/C11H15ClN2O3/c1-11(17,6-15)5-14-10(16)8-3-2-7(13)4-9(8)12/h2-4,15,17H,5-6,13H2,1H3,(H,14,16). The van der Waals surface area contributed by atoms with E-state index in [1.54, 1.807) is 6.07 Å². The van der Waals surface area contributed by atoms with Crippen molar-refractivity contribution in [1.82, 2.24) is 5.32 Å². The molecule has 94 valence electrons. The lowest BCUT2D eigenvalue weighted by Crippen LogP contribution is -2.43. The normalized spacial score (nSPS) is 14.1. The van der Waals surface area contributed by atoms with Gasteiger partial charge >= 0.3 is 0 Å². The number of aliphatic hydroxyl groups is 2. The topological polar surface area (TPSA) is 95.6 Å². The number of hydrogen-bond donors (Lipinski definition) is 4. The number of carbonyl (C=O) groups is 1. The fraction of sp³-hybridized carbons (Fsp3) is 0.364. The number of nitrogens with two attached hydrogens (primary N) is 1. The molecule has 0 bridgehead atoms. The Morgan fingerprint density at radius 1 is 1.59 bits per heavy atom. The summed E-state index contributed by atoms with van der Waals surface area (Å²) in [6, 6.07) is 4.53. The van der Waals surface area contributed by atoms with Crippen LogP contribution >= 0.6 is 11.6 Å². The van der Waals surface area contributed by atoms with Crippen molar-refractivity contribution in [3.05, 3.63) is 28.8 Å². The minimum absolute atomic E-state index is 0.0664. The molecule has 0 saturated heterocycles. The molecule has 0 aliphatic carbocycles. The van der Waals surface area contributed by atoms with Crippen molar-refractivity contribution >= 4 is 23.2 Å². The lowest BCUT2D eigenvalue weighted by molar-refractivity contribution is 0.00320. The summed E-state index contributed by atoms with van der Waals surface area (Å²) in [4.78, 5) is 11.7. The first-order chi connectivity index (χ1) is 7.85. The van der Waals surface area contributed by atoms with E-state index in [2.05, 4.69) is 5.32 Å². The molecule has 0 saturated carbocycles. The molecular formula is C11H15ClN2O3. The summed E-state index contributed by atoms with van der Waals surface area (Å²) >= 11 is 5.86. The fourth-order valence-corrected chi connectivity index (χ4v) is 1.41. The van der Waals surface area contributed by atoms with Crippen molar-refractivity contribution < 1.29 is 15.0 Å². The summed E-state index contributed by atoms with van der Waals surface area (Å²) < 4.78 is 0. The number of amides is 1. The number of anilines is 1. The predicted molar refractivity (Wildman–Crippen MR) is 65.9 cm³/mol. The first-order valence-corrected chi connectivity index (χ1v) is 5.40. The highest BCUT2D eigenvalue weighted by Crippen LogP contribution is 2.19. The Morgan fingerprint density at radius 3 is 2.76 bits per heavy atom. The Balaban J connectivity index is 2.71. The van der Waals surface area contributed by atoms with Crippen LogP contribution in [0.5, 0.6) is 0 Å². The molecule has 0 radical (unpaired) electrons. The third-order valence-electron chi connectivity index (χ3n) is 2.21. The summed E-state index contributed by atoms with van der Waals surface area (Å²) in [7, 11) is 0. The summed E-state index contributed by atoms with van der Waals surface area (Å²) in [5.41, 5.74) is 4.89. The molecule has 0 aromatic heterocycles. The van der Waals surface area contributed by atoms with E-state index in [1.807, 2.05) is 0 Å². The van der Waals surface area contributed by atoms with Gasteiger partial charge in [0.1, 0.15) is 5.60 Å². The van der Waals surface area contributed by atoms with E-state index in [-0.39, 0.29) is 17.1 Å². The highest BCUT2D eigenvalue weighted by molar-refractivity contribution is 6.34. The van der Waals surface area contributed by atoms with E-state index in [4.69, 9.17) is 22.4 Å². The lowest BCUT2D eigenvalue weighted by Gasteiger charge is -2.20. The zero-order valence-electron chi connectivity index (χ0n) is 9.40. The maximum absolute atomic E-state index is 11.7. The smallest absolute Gasteiger partial charge is 0.252 e. The van der Waals surface area contributed by atoms with Crippen LogP contribution in [0.4, 0.5) is 5.69 Å². The molecule has 1 amide bonds. The molecule has 1 aromatic rings. The predicted octanol–water partition coefficient (Wildman–Crippen LogP) is 0.395. The average Bonchev–Trinajstić information content (AvgIpc) is 2.26. The van der Waals surface area contributed by atoms with Crippen LogP contribution in [0.1, 0.15) is 17.3 Å². The van der Waals surface area contributed by atoms with Crippen molar-refractivity contribution in [2.24, 2.45) is 0 Å². The Morgan fingerprint density at radius 2 is 2.24 bits per heavy atom. The lowest BCUT2D eigenvalue weighted by atomic mass is 10.1. The number of carbonyl (C=O) groups excluding carboxylic acids is 1. The molecule has 1 rings (SSSR count). The number of benzene rings is 1. The van der Waals surface area contributed by atoms with Crippen LogP contribution in [-0.2, 0) is 0 Å². The van der Waals surface area contributed by atoms with Crippen LogP contribution < -0.4 is 11.1 Å². The van der Waals surface area contributed by atoms with E-state index in [0.29, 0.717) is 5.69 Å². The Labute approximate surface area is 104 Å². The van der Waals surface area contributed by atoms with E-state index in [1.165, 1.54) is 19.1 Å². The molecular weight excluding hydrogens is 244 g/mol. The molecule has 5 nitrogen and oxygen atoms in total. The van der Waals surface area contributed by atoms with Crippen LogP contribution in [0.3, 0.4) is 0 Å². The van der Waals surface area contributed by atoms with Gasteiger partial charge in [-0.2, -0.15) is 0 Å². The fourth-order valence-electron chi connectivity index (χ4n) is 1.14. The van der Waals surface area contributed by atoms with Gasteiger partial charge in [-0.3, -0.25) is 4.79 Å². The van der Waals surface area contributed by atoms with E-state index >= 15 is 0 Å². The largest absolute Gasteiger partial charge is 0.399 e. The van der Waals surface area contributed by atoms with Gasteiger partial charge in [-0.1, -0.05) is 11.6 Å². The first-order valence-electron chi connectivity index (χ1n) is 5.02. The second-order valence-electron chi connectivity index (χ2n) is 4.08. The molecule has 0 fully saturated rings. The van der Waals surface area contributed by atoms with Gasteiger partial charge < -0.3 is 21.3 Å². The van der Waals surface area contributed by atoms with Gasteiger partial charge in [0.25, 0.3) is 5.91 Å². The Bertz CT molecular complexity index is 421. The molecule has 1 atom stereocenters. The van der Waals surface area contributed by atoms with Crippen LogP contribution in [0, 0.1) is 0 Å². The number of nitrogens with one attached hydrogen (secondary N) is 1. The number of hydrogen-bond acceptors (Lipinski definition) is 4. The zero-order chi connectivity index (χ0) is 13.1. The Hall–Kier alpha value is -1.30. The summed E-state index contributed by atoms with van der Waals surface area (Å²) in [5.74, 6) is -0.427. The van der Waals surface area contributed by atoms with Gasteiger partial charge in [-0.25, -0.2) is 0 Å². The average molecular weight is 259 g/mol. The van der Waals surface area contributed by atoms with Crippen molar-refractivity contribution in [1.29, 1.82) is 0 Å². The van der Waals surface area contributed by atoms with E-state index in [9.17, 15) is 9.90 Å².